The molecule has 0 radical (unpaired) electrons. The van der Waals surface area contributed by atoms with Crippen LogP contribution in [0.3, 0.4) is 0 Å². The molecule has 0 amide bonds. The van der Waals surface area contributed by atoms with E-state index < -0.39 is 0 Å². The van der Waals surface area contributed by atoms with Crippen molar-refractivity contribution < 1.29 is 0 Å². The molecule has 4 aromatic carbocycles. The van der Waals surface area contributed by atoms with Gasteiger partial charge in [0.2, 0.25) is 0 Å². The first-order chi connectivity index (χ1) is 16.8. The molecule has 2 heteroatoms. The Morgan fingerprint density at radius 3 is 2.21 bits per heavy atom. The van der Waals surface area contributed by atoms with Gasteiger partial charge in [0.25, 0.3) is 0 Å². The highest BCUT2D eigenvalue weighted by Gasteiger charge is 2.53. The van der Waals surface area contributed by atoms with Crippen LogP contribution in [-0.2, 0) is 11.8 Å². The van der Waals surface area contributed by atoms with Crippen molar-refractivity contribution in [3.05, 3.63) is 143 Å². The van der Waals surface area contributed by atoms with Crippen molar-refractivity contribution in [2.45, 2.75) is 31.1 Å². The number of nitrogens with zero attached hydrogens (tertiary/aromatic N) is 2. The van der Waals surface area contributed by atoms with Gasteiger partial charge in [-0.1, -0.05) is 103 Å². The van der Waals surface area contributed by atoms with Crippen LogP contribution in [0.1, 0.15) is 45.8 Å². The molecule has 0 saturated heterocycles. The van der Waals surface area contributed by atoms with Gasteiger partial charge in [0, 0.05) is 22.2 Å². The third-order valence-corrected chi connectivity index (χ3v) is 7.85. The molecule has 0 aliphatic heterocycles. The number of rotatable bonds is 3. The Labute approximate surface area is 200 Å². The van der Waals surface area contributed by atoms with Crippen molar-refractivity contribution in [1.29, 1.82) is 0 Å². The maximum atomic E-state index is 5.34. The summed E-state index contributed by atoms with van der Waals surface area (Å²) in [5.74, 6) is 0.494. The standard InChI is InChI=1S/C32H26N2/c1-22-16-18-23(19-17-22)31-30-29(34(33-31)26-12-6-3-7-13-26)20-24-21-32(30,25-10-4-2-5-11-25)28-15-9-8-14-27(24)28/h2-19,24H,20-21H2,1H3. The molecule has 2 aliphatic rings. The number of para-hydroxylation sites is 1. The Bertz CT molecular complexity index is 1500. The zero-order valence-electron chi connectivity index (χ0n) is 19.3. The van der Waals surface area contributed by atoms with Gasteiger partial charge in [-0.05, 0) is 54.5 Å². The molecule has 164 valence electrons. The van der Waals surface area contributed by atoms with Crippen molar-refractivity contribution in [2.24, 2.45) is 0 Å². The molecule has 1 heterocycles. The van der Waals surface area contributed by atoms with E-state index >= 15 is 0 Å². The van der Waals surface area contributed by atoms with E-state index in [9.17, 15) is 0 Å². The zero-order valence-corrected chi connectivity index (χ0v) is 19.3. The van der Waals surface area contributed by atoms with E-state index in [1.807, 2.05) is 0 Å². The van der Waals surface area contributed by atoms with Gasteiger partial charge in [0.1, 0.15) is 0 Å². The van der Waals surface area contributed by atoms with Gasteiger partial charge in [-0.2, -0.15) is 5.10 Å². The van der Waals surface area contributed by atoms with Gasteiger partial charge in [-0.25, -0.2) is 4.68 Å². The summed E-state index contributed by atoms with van der Waals surface area (Å²) in [5.41, 5.74) is 11.5. The van der Waals surface area contributed by atoms with Gasteiger partial charge in [0.05, 0.1) is 11.4 Å². The van der Waals surface area contributed by atoms with Gasteiger partial charge in [-0.3, -0.25) is 0 Å². The number of benzene rings is 4. The summed E-state index contributed by atoms with van der Waals surface area (Å²) in [6, 6.07) is 39.7. The molecule has 2 aliphatic carbocycles. The fourth-order valence-corrected chi connectivity index (χ4v) is 6.41. The van der Waals surface area contributed by atoms with Crippen LogP contribution in [0.25, 0.3) is 16.9 Å². The smallest absolute Gasteiger partial charge is 0.0975 e. The van der Waals surface area contributed by atoms with Crippen LogP contribution >= 0.6 is 0 Å². The maximum Gasteiger partial charge on any atom is 0.0975 e. The topological polar surface area (TPSA) is 17.8 Å². The summed E-state index contributed by atoms with van der Waals surface area (Å²) < 4.78 is 2.22. The lowest BCUT2D eigenvalue weighted by atomic mass is 9.65. The van der Waals surface area contributed by atoms with Crippen molar-refractivity contribution in [3.63, 3.8) is 0 Å². The lowest BCUT2D eigenvalue weighted by molar-refractivity contribution is 0.491. The highest BCUT2D eigenvalue weighted by Crippen LogP contribution is 2.60. The van der Waals surface area contributed by atoms with Crippen LogP contribution in [0.5, 0.6) is 0 Å². The number of fused-ring (bicyclic) bond motifs is 7. The molecule has 2 nitrogen and oxygen atoms in total. The molecule has 0 fully saturated rings. The Balaban J connectivity index is 1.60. The fraction of sp³-hybridized carbons (Fsp3) is 0.156. The summed E-state index contributed by atoms with van der Waals surface area (Å²) in [4.78, 5) is 0. The van der Waals surface area contributed by atoms with Gasteiger partial charge in [0.15, 0.2) is 0 Å². The molecular formula is C32H26N2. The zero-order chi connectivity index (χ0) is 22.7. The van der Waals surface area contributed by atoms with E-state index in [-0.39, 0.29) is 5.41 Å². The van der Waals surface area contributed by atoms with E-state index in [2.05, 4.69) is 121 Å². The highest BCUT2D eigenvalue weighted by atomic mass is 15.3. The number of aryl methyl sites for hydroxylation is 1. The average molecular weight is 439 g/mol. The largest absolute Gasteiger partial charge is 0.237 e. The van der Waals surface area contributed by atoms with Crippen molar-refractivity contribution in [3.8, 4) is 16.9 Å². The summed E-state index contributed by atoms with van der Waals surface area (Å²) in [6.07, 6.45) is 2.11. The molecule has 0 N–H and O–H groups in total. The summed E-state index contributed by atoms with van der Waals surface area (Å²) in [7, 11) is 0. The van der Waals surface area contributed by atoms with Gasteiger partial charge >= 0.3 is 0 Å². The number of hydrogen-bond donors (Lipinski definition) is 0. The third-order valence-electron chi connectivity index (χ3n) is 7.85. The Morgan fingerprint density at radius 2 is 1.44 bits per heavy atom. The predicted molar refractivity (Wildman–Crippen MR) is 138 cm³/mol. The minimum absolute atomic E-state index is 0.191. The SMILES string of the molecule is Cc1ccc(-c2nn(-c3ccccc3)c3c2C2(c4ccccc4)CC(C3)c3ccccc32)cc1. The maximum absolute atomic E-state index is 5.34. The Hall–Kier alpha value is -3.91. The van der Waals surface area contributed by atoms with Crippen LogP contribution in [-0.4, -0.2) is 9.78 Å². The monoisotopic (exact) mass is 438 g/mol. The van der Waals surface area contributed by atoms with Crippen molar-refractivity contribution >= 4 is 0 Å². The quantitative estimate of drug-likeness (QED) is 0.291. The first kappa shape index (κ1) is 19.5. The molecule has 7 rings (SSSR count). The minimum atomic E-state index is -0.191. The second kappa shape index (κ2) is 7.30. The van der Waals surface area contributed by atoms with Crippen LogP contribution in [0, 0.1) is 6.92 Å². The molecule has 0 spiro atoms. The summed E-state index contributed by atoms with van der Waals surface area (Å²) in [5, 5.41) is 5.34. The van der Waals surface area contributed by atoms with Crippen LogP contribution in [0.15, 0.2) is 109 Å². The number of hydrogen-bond acceptors (Lipinski definition) is 1. The lowest BCUT2D eigenvalue weighted by Crippen LogP contribution is -2.31. The van der Waals surface area contributed by atoms with Crippen LogP contribution < -0.4 is 0 Å². The molecule has 1 aromatic heterocycles. The van der Waals surface area contributed by atoms with Gasteiger partial charge in [-0.15, -0.1) is 0 Å². The Morgan fingerprint density at radius 1 is 0.765 bits per heavy atom. The van der Waals surface area contributed by atoms with E-state index in [1.54, 1.807) is 0 Å². The van der Waals surface area contributed by atoms with E-state index in [4.69, 9.17) is 5.10 Å². The molecule has 34 heavy (non-hydrogen) atoms. The average Bonchev–Trinajstić information content (AvgIpc) is 3.41. The number of aromatic nitrogens is 2. The molecular weight excluding hydrogens is 412 g/mol. The van der Waals surface area contributed by atoms with Crippen LogP contribution in [0.4, 0.5) is 0 Å². The summed E-state index contributed by atoms with van der Waals surface area (Å²) >= 11 is 0. The van der Waals surface area contributed by atoms with E-state index in [1.165, 1.54) is 39.1 Å². The van der Waals surface area contributed by atoms with Crippen molar-refractivity contribution in [2.75, 3.05) is 0 Å². The lowest BCUT2D eigenvalue weighted by Gasteiger charge is -2.36. The van der Waals surface area contributed by atoms with E-state index in [0.717, 1.165) is 24.2 Å². The first-order valence-electron chi connectivity index (χ1n) is 12.2. The van der Waals surface area contributed by atoms with Gasteiger partial charge < -0.3 is 0 Å². The predicted octanol–water partition coefficient (Wildman–Crippen LogP) is 7.23. The normalized spacial score (nSPS) is 20.1. The van der Waals surface area contributed by atoms with E-state index in [0.29, 0.717) is 5.92 Å². The second-order valence-electron chi connectivity index (χ2n) is 9.75. The highest BCUT2D eigenvalue weighted by molar-refractivity contribution is 5.74. The molecule has 5 aromatic rings. The molecule has 0 saturated carbocycles. The fourth-order valence-electron chi connectivity index (χ4n) is 6.41. The molecule has 2 atom stereocenters. The van der Waals surface area contributed by atoms with Crippen molar-refractivity contribution in [1.82, 2.24) is 9.78 Å². The minimum Gasteiger partial charge on any atom is -0.237 e. The molecule has 2 bridgehead atoms. The summed E-state index contributed by atoms with van der Waals surface area (Å²) in [6.45, 7) is 2.14. The Kier molecular flexibility index (Phi) is 4.20. The second-order valence-corrected chi connectivity index (χ2v) is 9.75. The molecule has 2 unspecified atom stereocenters. The van der Waals surface area contributed by atoms with Crippen LogP contribution in [0.2, 0.25) is 0 Å². The third kappa shape index (κ3) is 2.66. The first-order valence-corrected chi connectivity index (χ1v) is 12.2.